The van der Waals surface area contributed by atoms with Crippen LogP contribution < -0.4 is 0 Å². The van der Waals surface area contributed by atoms with Crippen molar-refractivity contribution < 1.29 is 9.52 Å². The number of hydrogen-bond donors (Lipinski definition) is 1. The molecule has 1 aromatic rings. The fourth-order valence-corrected chi connectivity index (χ4v) is 2.46. The minimum absolute atomic E-state index is 0.381. The van der Waals surface area contributed by atoms with E-state index in [-0.39, 0.29) is 0 Å². The summed E-state index contributed by atoms with van der Waals surface area (Å²) in [6.07, 6.45) is 9.83. The molecule has 2 unspecified atom stereocenters. The van der Waals surface area contributed by atoms with Crippen LogP contribution in [0.1, 0.15) is 38.4 Å². The molecule has 2 rings (SSSR count). The van der Waals surface area contributed by atoms with Gasteiger partial charge in [-0.2, -0.15) is 0 Å². The molecule has 1 aliphatic carbocycles. The Kier molecular flexibility index (Phi) is 3.71. The molecular formula is C15H18O2. The quantitative estimate of drug-likeness (QED) is 0.809. The topological polar surface area (TPSA) is 33.4 Å². The maximum atomic E-state index is 10.1. The van der Waals surface area contributed by atoms with Gasteiger partial charge >= 0.3 is 0 Å². The van der Waals surface area contributed by atoms with Crippen LogP contribution in [0.15, 0.2) is 28.4 Å². The first-order valence-corrected chi connectivity index (χ1v) is 6.09. The molecule has 0 radical (unpaired) electrons. The predicted molar refractivity (Wildman–Crippen MR) is 68.1 cm³/mol. The van der Waals surface area contributed by atoms with E-state index >= 15 is 0 Å². The Morgan fingerprint density at radius 2 is 2.47 bits per heavy atom. The third kappa shape index (κ3) is 2.62. The summed E-state index contributed by atoms with van der Waals surface area (Å²) in [5, 5.41) is 10.1. The lowest BCUT2D eigenvalue weighted by Gasteiger charge is -2.26. The van der Waals surface area contributed by atoms with Gasteiger partial charge in [-0.25, -0.2) is 0 Å². The fourth-order valence-electron chi connectivity index (χ4n) is 2.46. The number of furan rings is 1. The normalized spacial score (nSPS) is 22.3. The van der Waals surface area contributed by atoms with E-state index < -0.39 is 6.10 Å². The first-order chi connectivity index (χ1) is 8.22. The second-order valence-electron chi connectivity index (χ2n) is 4.75. The smallest absolute Gasteiger partial charge is 0.129 e. The zero-order valence-electron chi connectivity index (χ0n) is 10.1. The van der Waals surface area contributed by atoms with E-state index in [4.69, 9.17) is 10.8 Å². The molecule has 0 aliphatic heterocycles. The van der Waals surface area contributed by atoms with Crippen LogP contribution in [0, 0.1) is 18.3 Å². The molecule has 1 aliphatic rings. The van der Waals surface area contributed by atoms with Crippen molar-refractivity contribution in [1.29, 1.82) is 0 Å². The molecule has 0 bridgehead atoms. The molecule has 2 heteroatoms. The second kappa shape index (κ2) is 5.25. The second-order valence-corrected chi connectivity index (χ2v) is 4.75. The average molecular weight is 230 g/mol. The summed E-state index contributed by atoms with van der Waals surface area (Å²) >= 11 is 0. The van der Waals surface area contributed by atoms with Gasteiger partial charge in [0.05, 0.1) is 12.4 Å². The molecule has 0 spiro atoms. The highest BCUT2D eigenvalue weighted by Gasteiger charge is 2.24. The molecular weight excluding hydrogens is 212 g/mol. The predicted octanol–water partition coefficient (Wildman–Crippen LogP) is 3.24. The minimum Gasteiger partial charge on any atom is -0.465 e. The highest BCUT2D eigenvalue weighted by atomic mass is 16.3. The van der Waals surface area contributed by atoms with Crippen molar-refractivity contribution in [2.24, 2.45) is 5.92 Å². The molecule has 0 aromatic carbocycles. The fraction of sp³-hybridized carbons (Fsp3) is 0.467. The molecule has 1 heterocycles. The van der Waals surface area contributed by atoms with Crippen molar-refractivity contribution in [3.63, 3.8) is 0 Å². The third-order valence-electron chi connectivity index (χ3n) is 3.38. The summed E-state index contributed by atoms with van der Waals surface area (Å²) in [7, 11) is 0. The Morgan fingerprint density at radius 3 is 3.12 bits per heavy atom. The van der Waals surface area contributed by atoms with E-state index in [1.807, 2.05) is 12.1 Å². The van der Waals surface area contributed by atoms with Crippen molar-refractivity contribution >= 4 is 5.57 Å². The van der Waals surface area contributed by atoms with Crippen molar-refractivity contribution in [2.45, 2.75) is 38.7 Å². The van der Waals surface area contributed by atoms with E-state index in [2.05, 4.69) is 12.8 Å². The lowest BCUT2D eigenvalue weighted by molar-refractivity contribution is 0.206. The van der Waals surface area contributed by atoms with Gasteiger partial charge in [-0.15, -0.1) is 12.3 Å². The summed E-state index contributed by atoms with van der Waals surface area (Å²) in [5.41, 5.74) is 2.22. The van der Waals surface area contributed by atoms with E-state index in [0.29, 0.717) is 12.3 Å². The van der Waals surface area contributed by atoms with Crippen molar-refractivity contribution in [1.82, 2.24) is 0 Å². The summed E-state index contributed by atoms with van der Waals surface area (Å²) in [4.78, 5) is 0. The number of hydrogen-bond acceptors (Lipinski definition) is 2. The zero-order chi connectivity index (χ0) is 12.3. The highest BCUT2D eigenvalue weighted by Crippen LogP contribution is 2.37. The standard InChI is InChI=1S/C15H18O2/c1-3-5-14(16)13-10-11(2)7-8-12(13)15-6-4-9-17-15/h1,4,6,9,11,14,16H,5,7-8,10H2,2H3. The first kappa shape index (κ1) is 12.0. The van der Waals surface area contributed by atoms with E-state index in [9.17, 15) is 5.11 Å². The van der Waals surface area contributed by atoms with Crippen LogP contribution in [0.3, 0.4) is 0 Å². The first-order valence-electron chi connectivity index (χ1n) is 6.09. The lowest BCUT2D eigenvalue weighted by atomic mass is 9.81. The zero-order valence-corrected chi connectivity index (χ0v) is 10.1. The highest BCUT2D eigenvalue weighted by molar-refractivity contribution is 5.66. The van der Waals surface area contributed by atoms with Crippen LogP contribution in [0.5, 0.6) is 0 Å². The SMILES string of the molecule is C#CCC(O)C1=C(c2ccco2)CCC(C)C1. The minimum atomic E-state index is -0.525. The van der Waals surface area contributed by atoms with Crippen molar-refractivity contribution in [2.75, 3.05) is 0 Å². The molecule has 0 fully saturated rings. The van der Waals surface area contributed by atoms with E-state index in [1.165, 1.54) is 0 Å². The number of aliphatic hydroxyl groups excluding tert-OH is 1. The van der Waals surface area contributed by atoms with Gasteiger partial charge in [0.1, 0.15) is 5.76 Å². The molecule has 17 heavy (non-hydrogen) atoms. The average Bonchev–Trinajstić information content (AvgIpc) is 2.82. The number of allylic oxidation sites excluding steroid dienone is 1. The Balaban J connectivity index is 2.34. The van der Waals surface area contributed by atoms with Crippen molar-refractivity contribution in [3.05, 3.63) is 29.7 Å². The molecule has 0 saturated carbocycles. The van der Waals surface area contributed by atoms with Crippen LogP contribution in [-0.4, -0.2) is 11.2 Å². The van der Waals surface area contributed by atoms with E-state index in [1.54, 1.807) is 6.26 Å². The number of terminal acetylenes is 1. The van der Waals surface area contributed by atoms with Gasteiger partial charge in [-0.05, 0) is 48.5 Å². The van der Waals surface area contributed by atoms with Gasteiger partial charge in [-0.1, -0.05) is 6.92 Å². The molecule has 1 aromatic heterocycles. The van der Waals surface area contributed by atoms with Crippen LogP contribution in [-0.2, 0) is 0 Å². The molecule has 0 saturated heterocycles. The van der Waals surface area contributed by atoms with E-state index in [0.717, 1.165) is 36.2 Å². The summed E-state index contributed by atoms with van der Waals surface area (Å²) in [5.74, 6) is 4.02. The van der Waals surface area contributed by atoms with Gasteiger partial charge in [-0.3, -0.25) is 0 Å². The molecule has 0 amide bonds. The van der Waals surface area contributed by atoms with Crippen LogP contribution in [0.4, 0.5) is 0 Å². The maximum absolute atomic E-state index is 10.1. The lowest BCUT2D eigenvalue weighted by Crippen LogP contribution is -2.18. The van der Waals surface area contributed by atoms with Crippen LogP contribution in [0.2, 0.25) is 0 Å². The Bertz CT molecular complexity index is 434. The Labute approximate surface area is 102 Å². The van der Waals surface area contributed by atoms with Gasteiger partial charge < -0.3 is 9.52 Å². The molecule has 90 valence electrons. The number of rotatable bonds is 3. The largest absolute Gasteiger partial charge is 0.465 e. The molecule has 2 atom stereocenters. The number of aliphatic hydroxyl groups is 1. The monoisotopic (exact) mass is 230 g/mol. The Morgan fingerprint density at radius 1 is 1.65 bits per heavy atom. The van der Waals surface area contributed by atoms with Crippen LogP contribution in [0.25, 0.3) is 5.57 Å². The van der Waals surface area contributed by atoms with Gasteiger partial charge in [0.2, 0.25) is 0 Å². The molecule has 2 nitrogen and oxygen atoms in total. The summed E-state index contributed by atoms with van der Waals surface area (Å²) < 4.78 is 5.45. The van der Waals surface area contributed by atoms with Gasteiger partial charge in [0.25, 0.3) is 0 Å². The summed E-state index contributed by atoms with van der Waals surface area (Å²) in [6, 6.07) is 3.83. The van der Waals surface area contributed by atoms with Gasteiger partial charge in [0, 0.05) is 6.42 Å². The van der Waals surface area contributed by atoms with Crippen LogP contribution >= 0.6 is 0 Å². The summed E-state index contributed by atoms with van der Waals surface area (Å²) in [6.45, 7) is 2.21. The Hall–Kier alpha value is -1.46. The maximum Gasteiger partial charge on any atom is 0.129 e. The molecule has 1 N–H and O–H groups in total. The third-order valence-corrected chi connectivity index (χ3v) is 3.38. The van der Waals surface area contributed by atoms with Crippen molar-refractivity contribution in [3.8, 4) is 12.3 Å². The van der Waals surface area contributed by atoms with Gasteiger partial charge in [0.15, 0.2) is 0 Å².